The zero-order valence-corrected chi connectivity index (χ0v) is 9.44. The van der Waals surface area contributed by atoms with Gasteiger partial charge in [-0.3, -0.25) is 0 Å². The van der Waals surface area contributed by atoms with Gasteiger partial charge in [-0.1, -0.05) is 22.0 Å². The van der Waals surface area contributed by atoms with E-state index in [1.807, 2.05) is 0 Å². The second-order valence-corrected chi connectivity index (χ2v) is 4.01. The van der Waals surface area contributed by atoms with Crippen LogP contribution in [-0.2, 0) is 5.33 Å². The average Bonchev–Trinajstić information content (AvgIpc) is 1.94. The summed E-state index contributed by atoms with van der Waals surface area (Å²) >= 11 is 5.76. The van der Waals surface area contributed by atoms with Crippen molar-refractivity contribution in [3.8, 4) is 0 Å². The molecular formula is C8H8BrI. The lowest BCUT2D eigenvalue weighted by atomic mass is 10.1. The third-order valence-corrected chi connectivity index (χ3v) is 2.73. The van der Waals surface area contributed by atoms with Crippen molar-refractivity contribution in [3.63, 3.8) is 0 Å². The first-order valence-electron chi connectivity index (χ1n) is 3.05. The molecule has 0 unspecified atom stereocenters. The van der Waals surface area contributed by atoms with Gasteiger partial charge in [0.25, 0.3) is 0 Å². The number of halogens is 2. The zero-order chi connectivity index (χ0) is 7.56. The van der Waals surface area contributed by atoms with E-state index in [0.717, 1.165) is 5.33 Å². The van der Waals surface area contributed by atoms with E-state index in [-0.39, 0.29) is 0 Å². The maximum absolute atomic E-state index is 3.44. The third-order valence-electron chi connectivity index (χ3n) is 1.46. The molecule has 0 aliphatic carbocycles. The van der Waals surface area contributed by atoms with Crippen molar-refractivity contribution >= 4 is 38.5 Å². The lowest BCUT2D eigenvalue weighted by Crippen LogP contribution is -1.84. The number of hydrogen-bond acceptors (Lipinski definition) is 0. The summed E-state index contributed by atoms with van der Waals surface area (Å²) in [5, 5.41) is 0.954. The van der Waals surface area contributed by atoms with Gasteiger partial charge in [-0.05, 0) is 52.8 Å². The summed E-state index contributed by atoms with van der Waals surface area (Å²) in [6.45, 7) is 2.13. The van der Waals surface area contributed by atoms with Gasteiger partial charge < -0.3 is 0 Å². The van der Waals surface area contributed by atoms with Crippen molar-refractivity contribution < 1.29 is 0 Å². The Morgan fingerprint density at radius 1 is 1.50 bits per heavy atom. The van der Waals surface area contributed by atoms with Crippen LogP contribution < -0.4 is 0 Å². The summed E-state index contributed by atoms with van der Waals surface area (Å²) < 4.78 is 1.30. The minimum absolute atomic E-state index is 0.954. The molecule has 0 fully saturated rings. The summed E-state index contributed by atoms with van der Waals surface area (Å²) in [6.07, 6.45) is 0. The normalized spacial score (nSPS) is 9.90. The summed E-state index contributed by atoms with van der Waals surface area (Å²) in [5.74, 6) is 0. The van der Waals surface area contributed by atoms with E-state index in [0.29, 0.717) is 0 Å². The van der Waals surface area contributed by atoms with E-state index in [9.17, 15) is 0 Å². The maximum Gasteiger partial charge on any atom is 0.0286 e. The second kappa shape index (κ2) is 3.72. The summed E-state index contributed by atoms with van der Waals surface area (Å²) in [7, 11) is 0. The molecule has 0 radical (unpaired) electrons. The number of benzene rings is 1. The first-order chi connectivity index (χ1) is 4.74. The molecule has 0 N–H and O–H groups in total. The van der Waals surface area contributed by atoms with E-state index >= 15 is 0 Å². The molecule has 2 heteroatoms. The molecule has 0 saturated carbocycles. The number of aryl methyl sites for hydroxylation is 1. The Bertz CT molecular complexity index is 233. The molecule has 1 aromatic carbocycles. The van der Waals surface area contributed by atoms with Gasteiger partial charge in [0.15, 0.2) is 0 Å². The third kappa shape index (κ3) is 1.95. The van der Waals surface area contributed by atoms with Crippen LogP contribution in [0.5, 0.6) is 0 Å². The molecule has 0 aromatic heterocycles. The van der Waals surface area contributed by atoms with Crippen molar-refractivity contribution in [1.29, 1.82) is 0 Å². The van der Waals surface area contributed by atoms with Crippen molar-refractivity contribution in [2.75, 3.05) is 0 Å². The van der Waals surface area contributed by atoms with Gasteiger partial charge >= 0.3 is 0 Å². The largest absolute Gasteiger partial charge is 0.0876 e. The van der Waals surface area contributed by atoms with Crippen LogP contribution in [0.15, 0.2) is 18.2 Å². The standard InChI is InChI=1S/C8H8BrI/c1-6-2-3-8(10)4-7(6)5-9/h2-4H,5H2,1H3. The van der Waals surface area contributed by atoms with E-state index in [1.165, 1.54) is 14.7 Å². The SMILES string of the molecule is Cc1ccc(I)cc1CBr. The summed E-state index contributed by atoms with van der Waals surface area (Å²) in [4.78, 5) is 0. The van der Waals surface area contributed by atoms with Crippen LogP contribution in [0.4, 0.5) is 0 Å². The van der Waals surface area contributed by atoms with Crippen LogP contribution in [0.2, 0.25) is 0 Å². The predicted octanol–water partition coefficient (Wildman–Crippen LogP) is 3.49. The van der Waals surface area contributed by atoms with Crippen LogP contribution in [0.1, 0.15) is 11.1 Å². The van der Waals surface area contributed by atoms with Crippen LogP contribution in [0.3, 0.4) is 0 Å². The fraction of sp³-hybridized carbons (Fsp3) is 0.250. The van der Waals surface area contributed by atoms with E-state index in [1.54, 1.807) is 0 Å². The van der Waals surface area contributed by atoms with Crippen LogP contribution in [0.25, 0.3) is 0 Å². The maximum atomic E-state index is 3.44. The Morgan fingerprint density at radius 3 is 2.70 bits per heavy atom. The van der Waals surface area contributed by atoms with Gasteiger partial charge in [0.05, 0.1) is 0 Å². The molecule has 54 valence electrons. The minimum atomic E-state index is 0.954. The molecule has 0 atom stereocenters. The van der Waals surface area contributed by atoms with Gasteiger partial charge in [0.1, 0.15) is 0 Å². The molecule has 10 heavy (non-hydrogen) atoms. The van der Waals surface area contributed by atoms with Crippen molar-refractivity contribution in [3.05, 3.63) is 32.9 Å². The second-order valence-electron chi connectivity index (χ2n) is 2.20. The van der Waals surface area contributed by atoms with Gasteiger partial charge in [-0.25, -0.2) is 0 Å². The van der Waals surface area contributed by atoms with Crippen LogP contribution in [0, 0.1) is 10.5 Å². The number of hydrogen-bond donors (Lipinski definition) is 0. The minimum Gasteiger partial charge on any atom is -0.0876 e. The van der Waals surface area contributed by atoms with E-state index in [4.69, 9.17) is 0 Å². The number of alkyl halides is 1. The molecule has 0 amide bonds. The van der Waals surface area contributed by atoms with E-state index < -0.39 is 0 Å². The van der Waals surface area contributed by atoms with Gasteiger partial charge in [-0.15, -0.1) is 0 Å². The lowest BCUT2D eigenvalue weighted by molar-refractivity contribution is 1.31. The van der Waals surface area contributed by atoms with Crippen molar-refractivity contribution in [2.24, 2.45) is 0 Å². The first-order valence-corrected chi connectivity index (χ1v) is 5.25. The fourth-order valence-electron chi connectivity index (χ4n) is 0.784. The Kier molecular flexibility index (Phi) is 3.17. The highest BCUT2D eigenvalue weighted by atomic mass is 127. The Balaban J connectivity index is 3.09. The highest BCUT2D eigenvalue weighted by Gasteiger charge is 1.95. The molecule has 0 aliphatic rings. The molecular weight excluding hydrogens is 303 g/mol. The Hall–Kier alpha value is 0.430. The first kappa shape index (κ1) is 8.53. The summed E-state index contributed by atoms with van der Waals surface area (Å²) in [5.41, 5.74) is 2.74. The summed E-state index contributed by atoms with van der Waals surface area (Å²) in [6, 6.07) is 6.48. The monoisotopic (exact) mass is 310 g/mol. The molecule has 0 nitrogen and oxygen atoms in total. The molecule has 0 spiro atoms. The predicted molar refractivity (Wildman–Crippen MR) is 56.5 cm³/mol. The van der Waals surface area contributed by atoms with E-state index in [2.05, 4.69) is 63.6 Å². The smallest absolute Gasteiger partial charge is 0.0286 e. The van der Waals surface area contributed by atoms with Crippen LogP contribution in [-0.4, -0.2) is 0 Å². The number of rotatable bonds is 1. The highest BCUT2D eigenvalue weighted by molar-refractivity contribution is 14.1. The molecule has 0 bridgehead atoms. The average molecular weight is 311 g/mol. The fourth-order valence-corrected chi connectivity index (χ4v) is 1.94. The van der Waals surface area contributed by atoms with Gasteiger partial charge in [-0.2, -0.15) is 0 Å². The van der Waals surface area contributed by atoms with Crippen molar-refractivity contribution in [2.45, 2.75) is 12.3 Å². The molecule has 0 aliphatic heterocycles. The molecule has 0 heterocycles. The highest BCUT2D eigenvalue weighted by Crippen LogP contribution is 2.15. The van der Waals surface area contributed by atoms with Gasteiger partial charge in [0.2, 0.25) is 0 Å². The topological polar surface area (TPSA) is 0 Å². The Morgan fingerprint density at radius 2 is 2.20 bits per heavy atom. The van der Waals surface area contributed by atoms with Crippen LogP contribution >= 0.6 is 38.5 Å². The molecule has 1 aromatic rings. The van der Waals surface area contributed by atoms with Gasteiger partial charge in [0, 0.05) is 8.90 Å². The quantitative estimate of drug-likeness (QED) is 0.550. The van der Waals surface area contributed by atoms with Crippen molar-refractivity contribution in [1.82, 2.24) is 0 Å². The zero-order valence-electron chi connectivity index (χ0n) is 5.70. The molecule has 1 rings (SSSR count). The Labute approximate surface area is 83.3 Å². The lowest BCUT2D eigenvalue weighted by Gasteiger charge is -2.00. The molecule has 0 saturated heterocycles.